The maximum atomic E-state index is 8.74. The molecule has 0 spiro atoms. The van der Waals surface area contributed by atoms with Crippen molar-refractivity contribution >= 4 is 21.8 Å². The summed E-state index contributed by atoms with van der Waals surface area (Å²) in [5, 5.41) is 21.6. The molecule has 0 aliphatic rings. The fraction of sp³-hybridized carbons (Fsp3) is 0.500. The molecular weight excluding hydrogens is 204 g/mol. The molecule has 0 fully saturated rings. The summed E-state index contributed by atoms with van der Waals surface area (Å²) >= 11 is 0. The van der Waals surface area contributed by atoms with Crippen molar-refractivity contribution in [3.8, 4) is 0 Å². The Morgan fingerprint density at radius 2 is 1.15 bits per heavy atom. The largest absolute Gasteiger partial charge is 0.411 e. The van der Waals surface area contributed by atoms with E-state index in [2.05, 4.69) is 10.3 Å². The Morgan fingerprint density at radius 3 is 1.23 bits per heavy atom. The van der Waals surface area contributed by atoms with Crippen LogP contribution in [0.15, 0.2) is 10.3 Å². The summed E-state index contributed by atoms with van der Waals surface area (Å²) in [6, 6.07) is 0. The van der Waals surface area contributed by atoms with E-state index in [4.69, 9.17) is 27.9 Å². The Balaban J connectivity index is 0. The predicted octanol–water partition coefficient (Wildman–Crippen LogP) is 0.0338. The van der Waals surface area contributed by atoms with E-state index in [1.807, 2.05) is 0 Å². The van der Waals surface area contributed by atoms with Gasteiger partial charge in [-0.3, -0.25) is 9.11 Å². The molecule has 9 heteroatoms. The van der Waals surface area contributed by atoms with Crippen LogP contribution in [-0.2, 0) is 10.4 Å². The van der Waals surface area contributed by atoms with Gasteiger partial charge in [0.2, 0.25) is 0 Å². The molecule has 8 nitrogen and oxygen atoms in total. The van der Waals surface area contributed by atoms with Crippen molar-refractivity contribution in [2.75, 3.05) is 0 Å². The lowest BCUT2D eigenvalue weighted by atomic mass is 10.3. The molecule has 0 aliphatic heterocycles. The molecule has 4 N–H and O–H groups in total. The zero-order valence-corrected chi connectivity index (χ0v) is 7.72. The summed E-state index contributed by atoms with van der Waals surface area (Å²) in [6.07, 6.45) is 0. The zero-order chi connectivity index (χ0) is 11.1. The van der Waals surface area contributed by atoms with E-state index in [0.717, 1.165) is 0 Å². The van der Waals surface area contributed by atoms with E-state index in [1.165, 1.54) is 13.8 Å². The molecule has 0 amide bonds. The summed E-state index contributed by atoms with van der Waals surface area (Å²) in [5.74, 6) is 0. The van der Waals surface area contributed by atoms with Crippen LogP contribution < -0.4 is 0 Å². The van der Waals surface area contributed by atoms with Crippen molar-refractivity contribution in [1.29, 1.82) is 0 Å². The normalized spacial score (nSPS) is 13.2. The van der Waals surface area contributed by atoms with Crippen molar-refractivity contribution < 1.29 is 27.9 Å². The molecule has 0 saturated heterocycles. The number of hydrogen-bond acceptors (Lipinski definition) is 6. The van der Waals surface area contributed by atoms with E-state index in [1.54, 1.807) is 0 Å². The van der Waals surface area contributed by atoms with Gasteiger partial charge in [0.05, 0.1) is 0 Å². The summed E-state index contributed by atoms with van der Waals surface area (Å²) in [4.78, 5) is 0. The first-order chi connectivity index (χ1) is 5.72. The quantitative estimate of drug-likeness (QED) is 0.210. The Morgan fingerprint density at radius 1 is 1.00 bits per heavy atom. The molecule has 78 valence electrons. The van der Waals surface area contributed by atoms with E-state index < -0.39 is 10.4 Å². The van der Waals surface area contributed by atoms with Gasteiger partial charge in [-0.2, -0.15) is 8.42 Å². The second-order valence-corrected chi connectivity index (χ2v) is 2.71. The number of hydrogen-bond donors (Lipinski definition) is 4. The zero-order valence-electron chi connectivity index (χ0n) is 6.91. The first kappa shape index (κ1) is 14.3. The smallest absolute Gasteiger partial charge is 0.394 e. The minimum Gasteiger partial charge on any atom is -0.411 e. The molecule has 0 saturated carbocycles. The van der Waals surface area contributed by atoms with Gasteiger partial charge in [-0.25, -0.2) is 0 Å². The lowest BCUT2D eigenvalue weighted by molar-refractivity contribution is 0.313. The lowest BCUT2D eigenvalue weighted by Gasteiger charge is -1.88. The highest BCUT2D eigenvalue weighted by atomic mass is 32.3. The van der Waals surface area contributed by atoms with Crippen molar-refractivity contribution in [3.05, 3.63) is 0 Å². The molecule has 0 unspecified atom stereocenters. The van der Waals surface area contributed by atoms with E-state index in [-0.39, 0.29) is 0 Å². The molecule has 0 heterocycles. The third kappa shape index (κ3) is 18.1. The van der Waals surface area contributed by atoms with Gasteiger partial charge in [0.25, 0.3) is 0 Å². The summed E-state index contributed by atoms with van der Waals surface area (Å²) in [7, 11) is -4.67. The highest BCUT2D eigenvalue weighted by Gasteiger charge is 1.93. The molecule has 0 aromatic rings. The van der Waals surface area contributed by atoms with Crippen molar-refractivity contribution in [2.24, 2.45) is 10.3 Å². The van der Waals surface area contributed by atoms with Gasteiger partial charge in [-0.05, 0) is 13.8 Å². The molecular formula is C4H10N2O6S. The number of oxime groups is 2. The highest BCUT2D eigenvalue weighted by Crippen LogP contribution is 1.79. The first-order valence-electron chi connectivity index (χ1n) is 2.80. The average molecular weight is 214 g/mol. The molecule has 0 rings (SSSR count). The van der Waals surface area contributed by atoms with Crippen LogP contribution in [0.2, 0.25) is 0 Å². The topological polar surface area (TPSA) is 140 Å². The number of rotatable bonds is 1. The van der Waals surface area contributed by atoms with Crippen molar-refractivity contribution in [1.82, 2.24) is 0 Å². The second kappa shape index (κ2) is 6.34. The van der Waals surface area contributed by atoms with Crippen LogP contribution in [0.25, 0.3) is 0 Å². The van der Waals surface area contributed by atoms with E-state index >= 15 is 0 Å². The summed E-state index contributed by atoms with van der Waals surface area (Å²) < 4.78 is 31.6. The monoisotopic (exact) mass is 214 g/mol. The third-order valence-electron chi connectivity index (χ3n) is 0.824. The Bertz CT molecular complexity index is 268. The minimum absolute atomic E-state index is 0.313. The third-order valence-corrected chi connectivity index (χ3v) is 0.824. The van der Waals surface area contributed by atoms with Crippen LogP contribution in [0.3, 0.4) is 0 Å². The average Bonchev–Trinajstić information content (AvgIpc) is 1.98. The Kier molecular flexibility index (Phi) is 6.99. The van der Waals surface area contributed by atoms with Gasteiger partial charge in [0, 0.05) is 0 Å². The highest BCUT2D eigenvalue weighted by molar-refractivity contribution is 7.79. The molecule has 0 atom stereocenters. The minimum atomic E-state index is -4.67. The van der Waals surface area contributed by atoms with Gasteiger partial charge in [-0.1, -0.05) is 10.3 Å². The van der Waals surface area contributed by atoms with Crippen molar-refractivity contribution in [2.45, 2.75) is 13.8 Å². The van der Waals surface area contributed by atoms with Crippen LogP contribution in [-0.4, -0.2) is 39.4 Å². The standard InChI is InChI=1S/C4H8N2O2.H2O4S/c1-3(5-7)4(2)6-8;1-5(2,3)4/h7-8H,1-2H3;(H2,1,2,3,4)/b5-3+,6-4+;. The van der Waals surface area contributed by atoms with Crippen LogP contribution in [0.4, 0.5) is 0 Å². The summed E-state index contributed by atoms with van der Waals surface area (Å²) in [5.41, 5.74) is 0.625. The fourth-order valence-electron chi connectivity index (χ4n) is 0.145. The van der Waals surface area contributed by atoms with Crippen molar-refractivity contribution in [3.63, 3.8) is 0 Å². The van der Waals surface area contributed by atoms with Gasteiger partial charge < -0.3 is 10.4 Å². The maximum Gasteiger partial charge on any atom is 0.394 e. The van der Waals surface area contributed by atoms with Gasteiger partial charge in [0.15, 0.2) is 0 Å². The van der Waals surface area contributed by atoms with Gasteiger partial charge in [-0.15, -0.1) is 0 Å². The van der Waals surface area contributed by atoms with Gasteiger partial charge >= 0.3 is 10.4 Å². The fourth-order valence-corrected chi connectivity index (χ4v) is 0.145. The van der Waals surface area contributed by atoms with E-state index in [0.29, 0.717) is 11.4 Å². The van der Waals surface area contributed by atoms with Crippen LogP contribution in [0.1, 0.15) is 13.8 Å². The molecule has 13 heavy (non-hydrogen) atoms. The maximum absolute atomic E-state index is 8.74. The second-order valence-electron chi connectivity index (χ2n) is 1.82. The predicted molar refractivity (Wildman–Crippen MR) is 44.0 cm³/mol. The Hall–Kier alpha value is -1.19. The lowest BCUT2D eigenvalue weighted by Crippen LogP contribution is -2.04. The van der Waals surface area contributed by atoms with Crippen LogP contribution in [0.5, 0.6) is 0 Å². The SMILES string of the molecule is CC(=N\O)/C(C)=N/O.O=S(=O)(O)O. The van der Waals surface area contributed by atoms with Crippen LogP contribution in [0, 0.1) is 0 Å². The molecule has 0 aliphatic carbocycles. The summed E-state index contributed by atoms with van der Waals surface area (Å²) in [6.45, 7) is 3.07. The molecule has 0 aromatic heterocycles. The van der Waals surface area contributed by atoms with Gasteiger partial charge in [0.1, 0.15) is 11.4 Å². The number of nitrogens with zero attached hydrogens (tertiary/aromatic N) is 2. The molecule has 0 bridgehead atoms. The molecule has 0 aromatic carbocycles. The van der Waals surface area contributed by atoms with E-state index in [9.17, 15) is 0 Å². The Labute approximate surface area is 74.8 Å². The van der Waals surface area contributed by atoms with Crippen LogP contribution >= 0.6 is 0 Å². The first-order valence-corrected chi connectivity index (χ1v) is 4.19. The molecule has 0 radical (unpaired) electrons.